The van der Waals surface area contributed by atoms with Gasteiger partial charge in [-0.2, -0.15) is 0 Å². The molecule has 60 valence electrons. The molecule has 1 heterocycles. The number of nitrogens with two attached hydrogens (primary N) is 1. The average molecular weight is 153 g/mol. The van der Waals surface area contributed by atoms with E-state index >= 15 is 0 Å². The second-order valence-corrected chi connectivity index (χ2v) is 2.34. The molecule has 0 aliphatic carbocycles. The van der Waals surface area contributed by atoms with Gasteiger partial charge in [0.25, 0.3) is 5.91 Å². The van der Waals surface area contributed by atoms with Crippen LogP contribution in [0.2, 0.25) is 0 Å². The minimum Gasteiger partial charge on any atom is -0.364 e. The number of hydrogen-bond acceptors (Lipinski definition) is 2. The topological polar surface area (TPSA) is 71.8 Å². The van der Waals surface area contributed by atoms with E-state index in [0.717, 1.165) is 18.5 Å². The van der Waals surface area contributed by atoms with E-state index in [9.17, 15) is 4.79 Å². The Morgan fingerprint density at radius 1 is 1.82 bits per heavy atom. The Morgan fingerprint density at radius 2 is 2.55 bits per heavy atom. The monoisotopic (exact) mass is 153 g/mol. The number of nitrogens with one attached hydrogen (secondary N) is 1. The first-order valence-electron chi connectivity index (χ1n) is 3.57. The summed E-state index contributed by atoms with van der Waals surface area (Å²) < 4.78 is 0. The molecule has 0 atom stereocenters. The Labute approximate surface area is 64.8 Å². The highest BCUT2D eigenvalue weighted by molar-refractivity contribution is 5.91. The van der Waals surface area contributed by atoms with Gasteiger partial charge in [-0.15, -0.1) is 0 Å². The van der Waals surface area contributed by atoms with Crippen molar-refractivity contribution in [2.45, 2.75) is 19.8 Å². The number of amides is 1. The number of H-pyrrole nitrogens is 1. The molecule has 0 spiro atoms. The molecule has 1 rings (SSSR count). The molecule has 11 heavy (non-hydrogen) atoms. The van der Waals surface area contributed by atoms with Crippen LogP contribution in [0.4, 0.5) is 0 Å². The van der Waals surface area contributed by atoms with Gasteiger partial charge in [-0.05, 0) is 6.42 Å². The third kappa shape index (κ3) is 1.58. The Bertz CT molecular complexity index is 254. The molecule has 0 aromatic carbocycles. The number of nitrogens with zero attached hydrogens (tertiary/aromatic N) is 1. The first kappa shape index (κ1) is 7.78. The highest BCUT2D eigenvalue weighted by Crippen LogP contribution is 2.03. The lowest BCUT2D eigenvalue weighted by atomic mass is 10.2. The maximum atomic E-state index is 10.7. The smallest absolute Gasteiger partial charge is 0.269 e. The van der Waals surface area contributed by atoms with Gasteiger partial charge in [0, 0.05) is 5.69 Å². The average Bonchev–Trinajstić information content (AvgIpc) is 2.36. The Kier molecular flexibility index (Phi) is 2.25. The molecule has 4 heteroatoms. The summed E-state index contributed by atoms with van der Waals surface area (Å²) in [5.74, 6) is -0.463. The van der Waals surface area contributed by atoms with Crippen molar-refractivity contribution < 1.29 is 4.79 Å². The zero-order valence-electron chi connectivity index (χ0n) is 6.42. The van der Waals surface area contributed by atoms with Crippen LogP contribution in [-0.2, 0) is 6.42 Å². The van der Waals surface area contributed by atoms with Crippen molar-refractivity contribution in [2.24, 2.45) is 5.73 Å². The number of aryl methyl sites for hydroxylation is 1. The second kappa shape index (κ2) is 3.18. The Hall–Kier alpha value is -1.32. The summed E-state index contributed by atoms with van der Waals surface area (Å²) in [7, 11) is 0. The Morgan fingerprint density at radius 3 is 3.09 bits per heavy atom. The zero-order chi connectivity index (χ0) is 8.27. The summed E-state index contributed by atoms with van der Waals surface area (Å²) in [6, 6.07) is 0. The van der Waals surface area contributed by atoms with Crippen LogP contribution in [-0.4, -0.2) is 15.9 Å². The molecule has 1 amide bonds. The number of carbonyl (C=O) groups excluding carboxylic acids is 1. The standard InChI is InChI=1S/C7H11N3O/c1-2-3-5-6(7(8)11)10-4-9-5/h4H,2-3H2,1H3,(H2,8,11)(H,9,10). The first-order valence-corrected chi connectivity index (χ1v) is 3.57. The number of aromatic amines is 1. The highest BCUT2D eigenvalue weighted by atomic mass is 16.1. The van der Waals surface area contributed by atoms with Gasteiger partial charge in [0.1, 0.15) is 5.69 Å². The van der Waals surface area contributed by atoms with Crippen molar-refractivity contribution in [3.8, 4) is 0 Å². The van der Waals surface area contributed by atoms with Gasteiger partial charge in [-0.25, -0.2) is 4.98 Å². The fraction of sp³-hybridized carbons (Fsp3) is 0.429. The van der Waals surface area contributed by atoms with Crippen LogP contribution >= 0.6 is 0 Å². The van der Waals surface area contributed by atoms with E-state index in [-0.39, 0.29) is 0 Å². The van der Waals surface area contributed by atoms with Crippen LogP contribution in [0.5, 0.6) is 0 Å². The molecule has 1 aromatic rings. The Balaban J connectivity index is 2.87. The van der Waals surface area contributed by atoms with Gasteiger partial charge in [0.15, 0.2) is 0 Å². The van der Waals surface area contributed by atoms with E-state index in [1.54, 1.807) is 0 Å². The lowest BCUT2D eigenvalue weighted by molar-refractivity contribution is 0.0995. The van der Waals surface area contributed by atoms with Gasteiger partial charge in [-0.1, -0.05) is 13.3 Å². The number of imidazole rings is 1. The van der Waals surface area contributed by atoms with Crippen LogP contribution in [0, 0.1) is 0 Å². The fourth-order valence-electron chi connectivity index (χ4n) is 0.974. The maximum absolute atomic E-state index is 10.7. The summed E-state index contributed by atoms with van der Waals surface area (Å²) in [5.41, 5.74) is 6.27. The molecule has 0 unspecified atom stereocenters. The second-order valence-electron chi connectivity index (χ2n) is 2.34. The molecule has 0 saturated heterocycles. The zero-order valence-corrected chi connectivity index (χ0v) is 6.42. The van der Waals surface area contributed by atoms with E-state index in [4.69, 9.17) is 5.73 Å². The van der Waals surface area contributed by atoms with Gasteiger partial charge in [0.05, 0.1) is 6.33 Å². The van der Waals surface area contributed by atoms with E-state index in [1.165, 1.54) is 6.33 Å². The van der Waals surface area contributed by atoms with Crippen LogP contribution in [0.25, 0.3) is 0 Å². The minimum absolute atomic E-state index is 0.367. The lowest BCUT2D eigenvalue weighted by Gasteiger charge is -1.94. The van der Waals surface area contributed by atoms with E-state index in [1.807, 2.05) is 6.92 Å². The van der Waals surface area contributed by atoms with Crippen molar-refractivity contribution in [2.75, 3.05) is 0 Å². The van der Waals surface area contributed by atoms with Crippen molar-refractivity contribution in [3.05, 3.63) is 17.7 Å². The summed E-state index contributed by atoms with van der Waals surface area (Å²) in [4.78, 5) is 17.4. The van der Waals surface area contributed by atoms with Gasteiger partial charge in [-0.3, -0.25) is 4.79 Å². The molecular formula is C7H11N3O. The number of hydrogen-bond donors (Lipinski definition) is 2. The van der Waals surface area contributed by atoms with Crippen LogP contribution in [0.1, 0.15) is 29.5 Å². The quantitative estimate of drug-likeness (QED) is 0.662. The van der Waals surface area contributed by atoms with Gasteiger partial charge >= 0.3 is 0 Å². The van der Waals surface area contributed by atoms with Gasteiger partial charge < -0.3 is 10.7 Å². The van der Waals surface area contributed by atoms with Crippen molar-refractivity contribution in [1.82, 2.24) is 9.97 Å². The lowest BCUT2D eigenvalue weighted by Crippen LogP contribution is -2.13. The molecule has 1 aromatic heterocycles. The largest absolute Gasteiger partial charge is 0.364 e. The number of carbonyl (C=O) groups is 1. The number of aromatic nitrogens is 2. The van der Waals surface area contributed by atoms with Crippen molar-refractivity contribution >= 4 is 5.91 Å². The van der Waals surface area contributed by atoms with Crippen molar-refractivity contribution in [3.63, 3.8) is 0 Å². The van der Waals surface area contributed by atoms with E-state index in [0.29, 0.717) is 5.69 Å². The molecule has 4 nitrogen and oxygen atoms in total. The van der Waals surface area contributed by atoms with Gasteiger partial charge in [0.2, 0.25) is 0 Å². The fourth-order valence-corrected chi connectivity index (χ4v) is 0.974. The molecule has 0 saturated carbocycles. The van der Waals surface area contributed by atoms with Crippen molar-refractivity contribution in [1.29, 1.82) is 0 Å². The summed E-state index contributed by atoms with van der Waals surface area (Å²) in [6.07, 6.45) is 3.28. The molecule has 0 radical (unpaired) electrons. The number of rotatable bonds is 3. The maximum Gasteiger partial charge on any atom is 0.269 e. The predicted octanol–water partition coefficient (Wildman–Crippen LogP) is 0.461. The molecule has 0 aliphatic rings. The highest BCUT2D eigenvalue weighted by Gasteiger charge is 2.08. The van der Waals surface area contributed by atoms with Crippen LogP contribution < -0.4 is 5.73 Å². The summed E-state index contributed by atoms with van der Waals surface area (Å²) in [6.45, 7) is 2.03. The minimum atomic E-state index is -0.463. The molecule has 0 fully saturated rings. The summed E-state index contributed by atoms with van der Waals surface area (Å²) >= 11 is 0. The third-order valence-electron chi connectivity index (χ3n) is 1.45. The van der Waals surface area contributed by atoms with E-state index < -0.39 is 5.91 Å². The molecule has 3 N–H and O–H groups in total. The normalized spacial score (nSPS) is 9.91. The summed E-state index contributed by atoms with van der Waals surface area (Å²) in [5, 5.41) is 0. The molecular weight excluding hydrogens is 142 g/mol. The van der Waals surface area contributed by atoms with Crippen LogP contribution in [0.3, 0.4) is 0 Å². The van der Waals surface area contributed by atoms with E-state index in [2.05, 4.69) is 9.97 Å². The molecule has 0 bridgehead atoms. The third-order valence-corrected chi connectivity index (χ3v) is 1.45. The SMILES string of the molecule is CCCc1[nH]cnc1C(N)=O. The predicted molar refractivity (Wildman–Crippen MR) is 41.1 cm³/mol. The number of primary amides is 1. The van der Waals surface area contributed by atoms with Crippen LogP contribution in [0.15, 0.2) is 6.33 Å². The molecule has 0 aliphatic heterocycles. The first-order chi connectivity index (χ1) is 5.25.